The fraction of sp³-hybridized carbons (Fsp3) is 0.125. The number of nitrogens with one attached hydrogen (secondary N) is 1. The first-order chi connectivity index (χ1) is 14.6. The Morgan fingerprint density at radius 1 is 1.00 bits per heavy atom. The Bertz CT molecular complexity index is 1180. The van der Waals surface area contributed by atoms with Gasteiger partial charge in [-0.2, -0.15) is 5.10 Å². The van der Waals surface area contributed by atoms with Crippen LogP contribution in [0.1, 0.15) is 22.8 Å². The fourth-order valence-electron chi connectivity index (χ4n) is 3.18. The highest BCUT2D eigenvalue weighted by Crippen LogP contribution is 2.23. The van der Waals surface area contributed by atoms with E-state index >= 15 is 0 Å². The molecule has 1 unspecified atom stereocenters. The molecule has 1 N–H and O–H groups in total. The third kappa shape index (κ3) is 4.38. The average Bonchev–Trinajstić information content (AvgIpc) is 3.23. The predicted octanol–water partition coefficient (Wildman–Crippen LogP) is 4.27. The van der Waals surface area contributed by atoms with Gasteiger partial charge in [-0.05, 0) is 23.9 Å². The lowest BCUT2D eigenvalue weighted by Gasteiger charge is -2.14. The third-order valence-electron chi connectivity index (χ3n) is 4.76. The number of anilines is 1. The number of fused-ring (bicyclic) bond motifs is 1. The Balaban J connectivity index is 1.39. The largest absolute Gasteiger partial charge is 0.449 e. The number of carbonyl (C=O) groups is 2. The predicted molar refractivity (Wildman–Crippen MR) is 115 cm³/mol. The third-order valence-corrected chi connectivity index (χ3v) is 4.76. The van der Waals surface area contributed by atoms with Gasteiger partial charge in [0.05, 0.1) is 18.3 Å². The Labute approximate surface area is 174 Å². The number of aromatic nitrogens is 2. The maximum Gasteiger partial charge on any atom is 0.342 e. The lowest BCUT2D eigenvalue weighted by atomic mass is 10.1. The van der Waals surface area contributed by atoms with Gasteiger partial charge in [-0.15, -0.1) is 0 Å². The maximum atomic E-state index is 12.6. The normalized spacial score (nSPS) is 11.8. The topological polar surface area (TPSA) is 73.2 Å². The van der Waals surface area contributed by atoms with Crippen molar-refractivity contribution >= 4 is 28.3 Å². The summed E-state index contributed by atoms with van der Waals surface area (Å²) in [5.41, 5.74) is 2.05. The summed E-state index contributed by atoms with van der Waals surface area (Å²) in [6.07, 6.45) is 2.11. The second kappa shape index (κ2) is 8.61. The molecule has 0 spiro atoms. The fourth-order valence-corrected chi connectivity index (χ4v) is 3.18. The van der Waals surface area contributed by atoms with Crippen molar-refractivity contribution in [3.8, 4) is 0 Å². The van der Waals surface area contributed by atoms with Crippen LogP contribution in [-0.2, 0) is 16.1 Å². The summed E-state index contributed by atoms with van der Waals surface area (Å²) in [5, 5.41) is 8.99. The van der Waals surface area contributed by atoms with Crippen molar-refractivity contribution in [1.82, 2.24) is 9.78 Å². The zero-order valence-corrected chi connectivity index (χ0v) is 16.5. The highest BCUT2D eigenvalue weighted by Gasteiger charge is 2.20. The number of carbonyl (C=O) groups excluding carboxylic acids is 2. The lowest BCUT2D eigenvalue weighted by Crippen LogP contribution is -2.30. The standard InChI is InChI=1S/C24H21N3O3/c1-17(23(28)26-22-13-7-11-19-10-5-6-12-21(19)22)30-24(29)20-14-25-27(16-20)15-18-8-3-2-4-9-18/h2-14,16-17H,15H2,1H3,(H,26,28). The molecular formula is C24H21N3O3. The molecular weight excluding hydrogens is 378 g/mol. The summed E-state index contributed by atoms with van der Waals surface area (Å²) in [6.45, 7) is 2.10. The first-order valence-corrected chi connectivity index (χ1v) is 9.66. The van der Waals surface area contributed by atoms with Crippen molar-refractivity contribution in [1.29, 1.82) is 0 Å². The molecule has 1 amide bonds. The molecule has 150 valence electrons. The lowest BCUT2D eigenvalue weighted by molar-refractivity contribution is -0.123. The van der Waals surface area contributed by atoms with Gasteiger partial charge in [0, 0.05) is 17.3 Å². The van der Waals surface area contributed by atoms with Crippen molar-refractivity contribution in [2.75, 3.05) is 5.32 Å². The van der Waals surface area contributed by atoms with Gasteiger partial charge in [0.25, 0.3) is 5.91 Å². The zero-order valence-electron chi connectivity index (χ0n) is 16.5. The van der Waals surface area contributed by atoms with Gasteiger partial charge in [-0.3, -0.25) is 9.48 Å². The van der Waals surface area contributed by atoms with Crippen molar-refractivity contribution in [3.05, 3.63) is 96.3 Å². The highest BCUT2D eigenvalue weighted by molar-refractivity contribution is 6.04. The van der Waals surface area contributed by atoms with Gasteiger partial charge in [-0.1, -0.05) is 66.7 Å². The molecule has 6 nitrogen and oxygen atoms in total. The van der Waals surface area contributed by atoms with E-state index in [0.29, 0.717) is 17.8 Å². The van der Waals surface area contributed by atoms with E-state index in [1.807, 2.05) is 72.8 Å². The van der Waals surface area contributed by atoms with Gasteiger partial charge >= 0.3 is 5.97 Å². The molecule has 0 saturated heterocycles. The van der Waals surface area contributed by atoms with E-state index in [1.165, 1.54) is 6.20 Å². The average molecular weight is 399 g/mol. The molecule has 0 bridgehead atoms. The molecule has 0 fully saturated rings. The van der Waals surface area contributed by atoms with Crippen molar-refractivity contribution in [3.63, 3.8) is 0 Å². The zero-order chi connectivity index (χ0) is 20.9. The van der Waals surface area contributed by atoms with Gasteiger partial charge in [0.1, 0.15) is 0 Å². The molecule has 0 radical (unpaired) electrons. The number of hydrogen-bond donors (Lipinski definition) is 1. The van der Waals surface area contributed by atoms with Crippen molar-refractivity contribution in [2.24, 2.45) is 0 Å². The molecule has 1 heterocycles. The number of amides is 1. The molecule has 1 atom stereocenters. The van der Waals surface area contributed by atoms with Gasteiger partial charge in [0.15, 0.2) is 6.10 Å². The van der Waals surface area contributed by atoms with E-state index in [2.05, 4.69) is 10.4 Å². The summed E-state index contributed by atoms with van der Waals surface area (Å²) in [7, 11) is 0. The minimum Gasteiger partial charge on any atom is -0.449 e. The summed E-state index contributed by atoms with van der Waals surface area (Å²) in [5.74, 6) is -0.980. The maximum absolute atomic E-state index is 12.6. The number of rotatable bonds is 6. The molecule has 1 aromatic heterocycles. The van der Waals surface area contributed by atoms with E-state index in [-0.39, 0.29) is 0 Å². The molecule has 4 aromatic rings. The molecule has 6 heteroatoms. The van der Waals surface area contributed by atoms with Gasteiger partial charge in [0.2, 0.25) is 0 Å². The van der Waals surface area contributed by atoms with Crippen LogP contribution in [0.25, 0.3) is 10.8 Å². The Kier molecular flexibility index (Phi) is 5.57. The van der Waals surface area contributed by atoms with E-state index in [0.717, 1.165) is 16.3 Å². The molecule has 0 aliphatic carbocycles. The van der Waals surface area contributed by atoms with Crippen LogP contribution in [0.3, 0.4) is 0 Å². The Morgan fingerprint density at radius 2 is 1.73 bits per heavy atom. The minimum absolute atomic E-state index is 0.302. The van der Waals surface area contributed by atoms with E-state index < -0.39 is 18.0 Å². The Morgan fingerprint density at radius 3 is 2.57 bits per heavy atom. The summed E-state index contributed by atoms with van der Waals surface area (Å²) >= 11 is 0. The molecule has 3 aromatic carbocycles. The highest BCUT2D eigenvalue weighted by atomic mass is 16.5. The van der Waals surface area contributed by atoms with Gasteiger partial charge in [-0.25, -0.2) is 4.79 Å². The number of esters is 1. The molecule has 30 heavy (non-hydrogen) atoms. The molecule has 0 aliphatic rings. The molecule has 4 rings (SSSR count). The molecule has 0 saturated carbocycles. The van der Waals surface area contributed by atoms with Crippen LogP contribution in [0.4, 0.5) is 5.69 Å². The number of hydrogen-bond acceptors (Lipinski definition) is 4. The first-order valence-electron chi connectivity index (χ1n) is 9.66. The van der Waals surface area contributed by atoms with Crippen LogP contribution in [0.2, 0.25) is 0 Å². The van der Waals surface area contributed by atoms with Gasteiger partial charge < -0.3 is 10.1 Å². The number of benzene rings is 3. The number of nitrogens with zero attached hydrogens (tertiary/aromatic N) is 2. The minimum atomic E-state index is -0.950. The summed E-state index contributed by atoms with van der Waals surface area (Å²) < 4.78 is 7.00. The quantitative estimate of drug-likeness (QED) is 0.492. The summed E-state index contributed by atoms with van der Waals surface area (Å²) in [4.78, 5) is 25.0. The van der Waals surface area contributed by atoms with Crippen LogP contribution in [0.15, 0.2) is 85.2 Å². The SMILES string of the molecule is CC(OC(=O)c1cnn(Cc2ccccc2)c1)C(=O)Nc1cccc2ccccc12. The van der Waals surface area contributed by atoms with Crippen LogP contribution in [0, 0.1) is 0 Å². The van der Waals surface area contributed by atoms with E-state index in [9.17, 15) is 9.59 Å². The van der Waals surface area contributed by atoms with Crippen LogP contribution in [-0.4, -0.2) is 27.8 Å². The van der Waals surface area contributed by atoms with E-state index in [4.69, 9.17) is 4.74 Å². The van der Waals surface area contributed by atoms with E-state index in [1.54, 1.807) is 17.8 Å². The Hall–Kier alpha value is -3.93. The second-order valence-electron chi connectivity index (χ2n) is 6.98. The first kappa shape index (κ1) is 19.4. The van der Waals surface area contributed by atoms with Crippen molar-refractivity contribution < 1.29 is 14.3 Å². The smallest absolute Gasteiger partial charge is 0.342 e. The van der Waals surface area contributed by atoms with Crippen LogP contribution in [0.5, 0.6) is 0 Å². The monoisotopic (exact) mass is 399 g/mol. The number of ether oxygens (including phenoxy) is 1. The van der Waals surface area contributed by atoms with Crippen LogP contribution < -0.4 is 5.32 Å². The second-order valence-corrected chi connectivity index (χ2v) is 6.98. The molecule has 0 aliphatic heterocycles. The van der Waals surface area contributed by atoms with Crippen molar-refractivity contribution in [2.45, 2.75) is 19.6 Å². The van der Waals surface area contributed by atoms with Crippen LogP contribution >= 0.6 is 0 Å². The summed E-state index contributed by atoms with van der Waals surface area (Å²) in [6, 6.07) is 23.2.